The highest BCUT2D eigenvalue weighted by molar-refractivity contribution is 6.00. The van der Waals surface area contributed by atoms with Crippen LogP contribution in [-0.2, 0) is 16.1 Å². The van der Waals surface area contributed by atoms with E-state index in [1.807, 2.05) is 29.8 Å². The first kappa shape index (κ1) is 26.2. The van der Waals surface area contributed by atoms with Crippen LogP contribution in [0.15, 0.2) is 36.9 Å². The molecule has 0 aliphatic heterocycles. The Morgan fingerprint density at radius 1 is 1.15 bits per heavy atom. The number of aliphatic carboxylic acids is 1. The Kier molecular flexibility index (Phi) is 8.06. The van der Waals surface area contributed by atoms with Crippen LogP contribution in [0.4, 0.5) is 16.2 Å². The van der Waals surface area contributed by atoms with Crippen molar-refractivity contribution in [1.82, 2.24) is 34.6 Å². The summed E-state index contributed by atoms with van der Waals surface area (Å²) < 4.78 is 8.59. The van der Waals surface area contributed by atoms with Crippen LogP contribution in [0.1, 0.15) is 55.7 Å². The highest BCUT2D eigenvalue weighted by Gasteiger charge is 2.24. The van der Waals surface area contributed by atoms with Crippen LogP contribution >= 0.6 is 0 Å². The summed E-state index contributed by atoms with van der Waals surface area (Å²) in [4.78, 5) is 32.3. The van der Waals surface area contributed by atoms with Gasteiger partial charge in [0.1, 0.15) is 12.3 Å². The number of rotatable bonds is 11. The molecule has 0 radical (unpaired) electrons. The predicted molar refractivity (Wildman–Crippen MR) is 143 cm³/mol. The lowest BCUT2D eigenvalue weighted by Crippen LogP contribution is -2.22. The van der Waals surface area contributed by atoms with Crippen molar-refractivity contribution in [3.63, 3.8) is 0 Å². The lowest BCUT2D eigenvalue weighted by Gasteiger charge is -2.17. The van der Waals surface area contributed by atoms with Crippen LogP contribution < -0.4 is 10.6 Å². The number of pyridine rings is 1. The van der Waals surface area contributed by atoms with Crippen molar-refractivity contribution in [2.45, 2.75) is 57.9 Å². The average Bonchev–Trinajstić information content (AvgIpc) is 3.68. The number of hydrogen-bond acceptors (Lipinski definition) is 8. The Labute approximate surface area is 224 Å². The maximum absolute atomic E-state index is 12.9. The van der Waals surface area contributed by atoms with Gasteiger partial charge in [0.05, 0.1) is 47.6 Å². The molecule has 2 amide bonds. The van der Waals surface area contributed by atoms with E-state index in [1.54, 1.807) is 23.3 Å². The van der Waals surface area contributed by atoms with E-state index in [1.165, 1.54) is 0 Å². The van der Waals surface area contributed by atoms with Gasteiger partial charge in [0, 0.05) is 25.1 Å². The topological polar surface area (TPSA) is 161 Å². The maximum atomic E-state index is 12.9. The van der Waals surface area contributed by atoms with Crippen molar-refractivity contribution in [3.8, 4) is 11.4 Å². The molecule has 1 aliphatic carbocycles. The van der Waals surface area contributed by atoms with Crippen molar-refractivity contribution in [2.24, 2.45) is 0 Å². The van der Waals surface area contributed by atoms with E-state index in [4.69, 9.17) is 9.84 Å². The number of unbranched alkanes of at least 4 members (excludes halogenated alkanes) is 1. The van der Waals surface area contributed by atoms with E-state index >= 15 is 0 Å². The zero-order chi connectivity index (χ0) is 27.2. The predicted octanol–water partition coefficient (Wildman–Crippen LogP) is 3.87. The largest absolute Gasteiger partial charge is 0.480 e. The summed E-state index contributed by atoms with van der Waals surface area (Å²) in [7, 11) is 0. The van der Waals surface area contributed by atoms with E-state index in [9.17, 15) is 9.59 Å². The van der Waals surface area contributed by atoms with E-state index in [2.05, 4.69) is 36.0 Å². The Morgan fingerprint density at radius 2 is 2.00 bits per heavy atom. The van der Waals surface area contributed by atoms with Gasteiger partial charge in [-0.2, -0.15) is 5.10 Å². The number of amides is 2. The lowest BCUT2D eigenvalue weighted by atomic mass is 10.0. The number of aromatic nitrogens is 7. The van der Waals surface area contributed by atoms with Crippen LogP contribution in [0.3, 0.4) is 0 Å². The SMILES string of the molecule is Cc1cc(NC(=O)Nc2cnc3ccnn3c2C2CCCC2)cnc1-c1cn(CCCCOCC(=O)O)nn1. The molecule has 1 aliphatic rings. The van der Waals surface area contributed by atoms with E-state index < -0.39 is 5.97 Å². The third-order valence-corrected chi connectivity index (χ3v) is 6.71. The standard InChI is InChI=1S/C26H31N9O4/c1-17-12-19(13-28-24(17)21-15-34(33-32-21)10-4-5-11-39-16-23(36)37)30-26(38)31-20-14-27-22-8-9-29-35(22)25(20)18-6-2-3-7-18/h8-9,12-15,18H,2-7,10-11,16H2,1H3,(H,36,37)(H2,30,31,38). The molecule has 0 spiro atoms. The third-order valence-electron chi connectivity index (χ3n) is 6.71. The fraction of sp³-hybridized carbons (Fsp3) is 0.423. The molecule has 4 aromatic heterocycles. The second-order valence-corrected chi connectivity index (χ2v) is 9.63. The second-order valence-electron chi connectivity index (χ2n) is 9.63. The average molecular weight is 534 g/mol. The smallest absolute Gasteiger partial charge is 0.329 e. The second kappa shape index (κ2) is 12.0. The first-order chi connectivity index (χ1) is 19.0. The molecule has 3 N–H and O–H groups in total. The van der Waals surface area contributed by atoms with Gasteiger partial charge in [-0.3, -0.25) is 9.67 Å². The zero-order valence-corrected chi connectivity index (χ0v) is 21.7. The van der Waals surface area contributed by atoms with Crippen molar-refractivity contribution in [1.29, 1.82) is 0 Å². The van der Waals surface area contributed by atoms with Crippen LogP contribution in [0.2, 0.25) is 0 Å². The first-order valence-electron chi connectivity index (χ1n) is 13.1. The minimum absolute atomic E-state index is 0.287. The molecule has 1 saturated carbocycles. The van der Waals surface area contributed by atoms with Crippen LogP contribution in [0, 0.1) is 6.92 Å². The molecule has 5 rings (SSSR count). The van der Waals surface area contributed by atoms with Gasteiger partial charge in [0.2, 0.25) is 0 Å². The highest BCUT2D eigenvalue weighted by Crippen LogP contribution is 2.37. The van der Waals surface area contributed by atoms with Crippen molar-refractivity contribution < 1.29 is 19.4 Å². The van der Waals surface area contributed by atoms with Gasteiger partial charge in [-0.15, -0.1) is 5.10 Å². The van der Waals surface area contributed by atoms with Gasteiger partial charge in [-0.05, 0) is 44.2 Å². The molecule has 0 unspecified atom stereocenters. The minimum atomic E-state index is -0.973. The van der Waals surface area contributed by atoms with Crippen LogP contribution in [0.25, 0.3) is 17.0 Å². The normalized spacial score (nSPS) is 13.7. The highest BCUT2D eigenvalue weighted by atomic mass is 16.5. The summed E-state index contributed by atoms with van der Waals surface area (Å²) in [5.74, 6) is -0.647. The fourth-order valence-electron chi connectivity index (χ4n) is 4.93. The number of carboxylic acids is 1. The molecule has 39 heavy (non-hydrogen) atoms. The molecular formula is C26H31N9O4. The number of urea groups is 1. The monoisotopic (exact) mass is 533 g/mol. The number of carbonyl (C=O) groups is 2. The summed E-state index contributed by atoms with van der Waals surface area (Å²) >= 11 is 0. The number of ether oxygens (including phenoxy) is 1. The van der Waals surface area contributed by atoms with Crippen LogP contribution in [-0.4, -0.2) is 64.9 Å². The molecule has 0 saturated heterocycles. The van der Waals surface area contributed by atoms with Crippen LogP contribution in [0.5, 0.6) is 0 Å². The molecule has 4 heterocycles. The molecule has 4 aromatic rings. The van der Waals surface area contributed by atoms with Gasteiger partial charge >= 0.3 is 12.0 Å². The van der Waals surface area contributed by atoms with Gasteiger partial charge < -0.3 is 20.5 Å². The third kappa shape index (κ3) is 6.37. The molecule has 13 nitrogen and oxygen atoms in total. The molecule has 1 fully saturated rings. The fourth-order valence-corrected chi connectivity index (χ4v) is 4.93. The zero-order valence-electron chi connectivity index (χ0n) is 21.7. The Balaban J connectivity index is 1.20. The van der Waals surface area contributed by atoms with Gasteiger partial charge in [0.15, 0.2) is 5.65 Å². The first-order valence-corrected chi connectivity index (χ1v) is 13.1. The lowest BCUT2D eigenvalue weighted by molar-refractivity contribution is -0.142. The Hall–Kier alpha value is -4.39. The number of carboxylic acid groups (broad SMARTS) is 1. The van der Waals surface area contributed by atoms with E-state index in [0.717, 1.165) is 55.4 Å². The van der Waals surface area contributed by atoms with Crippen molar-refractivity contribution >= 4 is 29.0 Å². The molecule has 13 heteroatoms. The quantitative estimate of drug-likeness (QED) is 0.243. The number of nitrogens with one attached hydrogen (secondary N) is 2. The maximum Gasteiger partial charge on any atom is 0.329 e. The van der Waals surface area contributed by atoms with E-state index in [-0.39, 0.29) is 12.6 Å². The molecule has 0 aromatic carbocycles. The summed E-state index contributed by atoms with van der Waals surface area (Å²) in [6.07, 6.45) is 12.8. The summed E-state index contributed by atoms with van der Waals surface area (Å²) in [6, 6.07) is 3.32. The molecule has 0 atom stereocenters. The van der Waals surface area contributed by atoms with Gasteiger partial charge in [0.25, 0.3) is 0 Å². The Morgan fingerprint density at radius 3 is 2.79 bits per heavy atom. The van der Waals surface area contributed by atoms with Gasteiger partial charge in [-0.1, -0.05) is 18.1 Å². The number of nitrogens with zero attached hydrogens (tertiary/aromatic N) is 7. The van der Waals surface area contributed by atoms with E-state index in [0.29, 0.717) is 41.8 Å². The Bertz CT molecular complexity index is 1460. The number of fused-ring (bicyclic) bond motifs is 1. The van der Waals surface area contributed by atoms with Gasteiger partial charge in [-0.25, -0.2) is 19.1 Å². The van der Waals surface area contributed by atoms with Crippen molar-refractivity contribution in [2.75, 3.05) is 23.8 Å². The number of aryl methyl sites for hydroxylation is 2. The molecule has 0 bridgehead atoms. The number of anilines is 2. The number of hydrogen-bond donors (Lipinski definition) is 3. The van der Waals surface area contributed by atoms with Crippen molar-refractivity contribution in [3.05, 3.63) is 48.2 Å². The minimum Gasteiger partial charge on any atom is -0.480 e. The molecular weight excluding hydrogens is 502 g/mol. The summed E-state index contributed by atoms with van der Waals surface area (Å²) in [5.41, 5.74) is 5.10. The molecule has 204 valence electrons. The summed E-state index contributed by atoms with van der Waals surface area (Å²) in [6.45, 7) is 2.62. The summed E-state index contributed by atoms with van der Waals surface area (Å²) in [5, 5.41) is 27.2. The number of carbonyl (C=O) groups excluding carboxylic acids is 1.